The molecule has 0 aromatic heterocycles. The van der Waals surface area contributed by atoms with E-state index in [0.29, 0.717) is 19.0 Å². The minimum atomic E-state index is -1.83. The van der Waals surface area contributed by atoms with Gasteiger partial charge in [0.15, 0.2) is 44.0 Å². The highest BCUT2D eigenvalue weighted by molar-refractivity contribution is 7.70. The normalized spacial score (nSPS) is 14.6. The highest BCUT2D eigenvalue weighted by Gasteiger charge is 2.44. The van der Waals surface area contributed by atoms with Crippen molar-refractivity contribution in [2.45, 2.75) is 58.9 Å². The van der Waals surface area contributed by atoms with Gasteiger partial charge in [-0.05, 0) is 58.9 Å². The van der Waals surface area contributed by atoms with E-state index < -0.39 is 32.4 Å². The van der Waals surface area contributed by atoms with E-state index in [4.69, 9.17) is 17.8 Å². The van der Waals surface area contributed by atoms with Gasteiger partial charge in [-0.3, -0.25) is 0 Å². The number of hydrogen-bond acceptors (Lipinski definition) is 4. The second-order valence-electron chi connectivity index (χ2n) is 8.40. The lowest BCUT2D eigenvalue weighted by Gasteiger charge is -2.31. The fourth-order valence-corrected chi connectivity index (χ4v) is 9.21. The van der Waals surface area contributed by atoms with Gasteiger partial charge in [-0.25, -0.2) is 4.52 Å². The van der Waals surface area contributed by atoms with E-state index in [1.165, 1.54) is 0 Å². The molecular weight excluding hydrogens is 335 g/mol. The fourth-order valence-electron chi connectivity index (χ4n) is 1.20. The first-order chi connectivity index (χ1) is 9.18. The van der Waals surface area contributed by atoms with E-state index in [9.17, 15) is 0 Å². The SMILES string of the molecule is CO[P+](CO[Si](C)(C)C)(CO[Si](C)(C)C)CO[Si](C)(C)C. The van der Waals surface area contributed by atoms with Gasteiger partial charge < -0.3 is 13.3 Å². The first-order valence-electron chi connectivity index (χ1n) is 7.52. The van der Waals surface area contributed by atoms with Gasteiger partial charge in [0.25, 0.3) is 0 Å². The van der Waals surface area contributed by atoms with Crippen LogP contribution in [0.3, 0.4) is 0 Å². The van der Waals surface area contributed by atoms with Gasteiger partial charge in [0.2, 0.25) is 7.49 Å². The lowest BCUT2D eigenvalue weighted by Crippen LogP contribution is -2.34. The molecule has 0 aromatic carbocycles. The molecule has 0 rings (SSSR count). The molecule has 0 aliphatic heterocycles. The van der Waals surface area contributed by atoms with E-state index in [0.717, 1.165) is 0 Å². The first kappa shape index (κ1) is 21.9. The maximum absolute atomic E-state index is 6.15. The Balaban J connectivity index is 4.91. The van der Waals surface area contributed by atoms with Crippen molar-refractivity contribution in [2.75, 3.05) is 26.2 Å². The van der Waals surface area contributed by atoms with Crippen molar-refractivity contribution in [1.29, 1.82) is 0 Å². The van der Waals surface area contributed by atoms with Crippen LogP contribution in [0.5, 0.6) is 0 Å². The molecule has 0 radical (unpaired) electrons. The molecular formula is C13H36O4PSi3+. The van der Waals surface area contributed by atoms with E-state index in [2.05, 4.69) is 58.9 Å². The topological polar surface area (TPSA) is 36.9 Å². The Morgan fingerprint density at radius 2 is 0.810 bits per heavy atom. The third kappa shape index (κ3) is 12.1. The number of hydrogen-bond donors (Lipinski definition) is 0. The standard InChI is InChI=1S/C13H36O4PSi3/c1-14-18(11-15-19(2,3)4,12-16-20(5,6)7)13-17-21(8,9)10/h11-13H2,1-10H3/q+1. The van der Waals surface area contributed by atoms with Crippen LogP contribution in [0.1, 0.15) is 0 Å². The summed E-state index contributed by atoms with van der Waals surface area (Å²) in [4.78, 5) is 0. The van der Waals surface area contributed by atoms with Crippen LogP contribution in [-0.4, -0.2) is 51.1 Å². The van der Waals surface area contributed by atoms with Crippen LogP contribution < -0.4 is 0 Å². The molecule has 4 nitrogen and oxygen atoms in total. The molecule has 0 N–H and O–H groups in total. The van der Waals surface area contributed by atoms with Crippen molar-refractivity contribution in [2.24, 2.45) is 0 Å². The summed E-state index contributed by atoms with van der Waals surface area (Å²) in [5.74, 6) is 0. The highest BCUT2D eigenvalue weighted by atomic mass is 31.2. The molecule has 0 amide bonds. The largest absolute Gasteiger partial charge is 0.385 e. The molecule has 0 unspecified atom stereocenters. The van der Waals surface area contributed by atoms with Crippen LogP contribution in [0.2, 0.25) is 58.9 Å². The van der Waals surface area contributed by atoms with Crippen LogP contribution in [0.15, 0.2) is 0 Å². The van der Waals surface area contributed by atoms with Gasteiger partial charge in [0.05, 0.1) is 7.11 Å². The van der Waals surface area contributed by atoms with Crippen LogP contribution in [-0.2, 0) is 17.8 Å². The molecule has 0 atom stereocenters. The summed E-state index contributed by atoms with van der Waals surface area (Å²) < 4.78 is 24.4. The second kappa shape index (κ2) is 8.15. The second-order valence-corrected chi connectivity index (χ2v) is 25.2. The smallest absolute Gasteiger partial charge is 0.221 e. The summed E-state index contributed by atoms with van der Waals surface area (Å²) in [7, 11) is -4.77. The molecule has 0 heterocycles. The molecule has 0 spiro atoms. The summed E-state index contributed by atoms with van der Waals surface area (Å²) in [5.41, 5.74) is 0. The van der Waals surface area contributed by atoms with E-state index in [1.807, 2.05) is 0 Å². The molecule has 0 saturated carbocycles. The van der Waals surface area contributed by atoms with Gasteiger partial charge in [0.1, 0.15) is 0 Å². The Morgan fingerprint density at radius 1 is 0.571 bits per heavy atom. The van der Waals surface area contributed by atoms with Crippen molar-refractivity contribution >= 4 is 32.4 Å². The van der Waals surface area contributed by atoms with Crippen LogP contribution in [0.4, 0.5) is 0 Å². The van der Waals surface area contributed by atoms with Crippen LogP contribution in [0.25, 0.3) is 0 Å². The Morgan fingerprint density at radius 3 is 0.952 bits per heavy atom. The van der Waals surface area contributed by atoms with Gasteiger partial charge in [0, 0.05) is 0 Å². The minimum absolute atomic E-state index is 0.647. The predicted molar refractivity (Wildman–Crippen MR) is 102 cm³/mol. The van der Waals surface area contributed by atoms with Gasteiger partial charge in [-0.2, -0.15) is 0 Å². The third-order valence-corrected chi connectivity index (χ3v) is 8.92. The maximum Gasteiger partial charge on any atom is 0.221 e. The highest BCUT2D eigenvalue weighted by Crippen LogP contribution is 2.60. The quantitative estimate of drug-likeness (QED) is 0.400. The average Bonchev–Trinajstić information content (AvgIpc) is 2.25. The summed E-state index contributed by atoms with van der Waals surface area (Å²) in [6.07, 6.45) is 1.94. The van der Waals surface area contributed by atoms with Crippen molar-refractivity contribution in [3.63, 3.8) is 0 Å². The van der Waals surface area contributed by atoms with Gasteiger partial charge in [-0.15, -0.1) is 0 Å². The van der Waals surface area contributed by atoms with Crippen molar-refractivity contribution in [3.05, 3.63) is 0 Å². The molecule has 21 heavy (non-hydrogen) atoms. The van der Waals surface area contributed by atoms with E-state index in [1.54, 1.807) is 7.11 Å². The third-order valence-electron chi connectivity index (χ3n) is 2.59. The molecule has 8 heteroatoms. The summed E-state index contributed by atoms with van der Waals surface area (Å²) in [6, 6.07) is 0. The monoisotopic (exact) mass is 371 g/mol. The lowest BCUT2D eigenvalue weighted by molar-refractivity contribution is 0.279. The van der Waals surface area contributed by atoms with Crippen LogP contribution in [0, 0.1) is 0 Å². The number of rotatable bonds is 10. The molecule has 0 bridgehead atoms. The Kier molecular flexibility index (Phi) is 8.50. The Bertz CT molecular complexity index is 262. The Labute approximate surface area is 135 Å². The molecule has 128 valence electrons. The minimum Gasteiger partial charge on any atom is -0.385 e. The summed E-state index contributed by atoms with van der Waals surface area (Å²) in [5, 5.41) is 0. The Hall–Kier alpha value is 0.921. The maximum atomic E-state index is 6.15. The zero-order valence-corrected chi connectivity index (χ0v) is 19.6. The molecule has 0 aliphatic rings. The van der Waals surface area contributed by atoms with Crippen molar-refractivity contribution in [3.8, 4) is 0 Å². The lowest BCUT2D eigenvalue weighted by atomic mass is 11.6. The predicted octanol–water partition coefficient (Wildman–Crippen LogP) is 4.99. The zero-order valence-electron chi connectivity index (χ0n) is 15.7. The van der Waals surface area contributed by atoms with Gasteiger partial charge >= 0.3 is 0 Å². The average molecular weight is 372 g/mol. The van der Waals surface area contributed by atoms with Gasteiger partial charge in [-0.1, -0.05) is 0 Å². The molecule has 0 saturated heterocycles. The summed E-state index contributed by atoms with van der Waals surface area (Å²) in [6.45, 7) is 19.8. The zero-order chi connectivity index (χ0) is 16.9. The molecule has 0 aliphatic carbocycles. The summed E-state index contributed by atoms with van der Waals surface area (Å²) >= 11 is 0. The van der Waals surface area contributed by atoms with E-state index in [-0.39, 0.29) is 0 Å². The fraction of sp³-hybridized carbons (Fsp3) is 1.00. The van der Waals surface area contributed by atoms with Crippen molar-refractivity contribution < 1.29 is 17.8 Å². The van der Waals surface area contributed by atoms with E-state index >= 15 is 0 Å². The van der Waals surface area contributed by atoms with Crippen LogP contribution >= 0.6 is 7.49 Å². The molecule has 0 fully saturated rings. The molecule has 0 aromatic rings. The van der Waals surface area contributed by atoms with Crippen molar-refractivity contribution in [1.82, 2.24) is 0 Å². The first-order valence-corrected chi connectivity index (χ1v) is 20.0.